The summed E-state index contributed by atoms with van der Waals surface area (Å²) in [6, 6.07) is 17.3. The van der Waals surface area contributed by atoms with Crippen molar-refractivity contribution in [1.29, 1.82) is 0 Å². The van der Waals surface area contributed by atoms with Crippen molar-refractivity contribution in [1.82, 2.24) is 0 Å². The highest BCUT2D eigenvalue weighted by Crippen LogP contribution is 2.34. The van der Waals surface area contributed by atoms with Gasteiger partial charge >= 0.3 is 0 Å². The third-order valence-electron chi connectivity index (χ3n) is 4.13. The number of rotatable bonds is 6. The van der Waals surface area contributed by atoms with E-state index in [0.717, 1.165) is 4.47 Å². The van der Waals surface area contributed by atoms with Crippen molar-refractivity contribution in [2.45, 2.75) is 4.90 Å². The fourth-order valence-corrected chi connectivity index (χ4v) is 6.27. The molecule has 0 aliphatic rings. The molecular weight excluding hydrogens is 616 g/mol. The number of methoxy groups -OCH3 is 1. The zero-order valence-electron chi connectivity index (χ0n) is 16.0. The van der Waals surface area contributed by atoms with Crippen LogP contribution < -0.4 is 10.2 Å². The second kappa shape index (κ2) is 10.1. The maximum atomic E-state index is 13.3. The molecule has 0 aliphatic carbocycles. The van der Waals surface area contributed by atoms with E-state index in [4.69, 9.17) is 4.74 Å². The van der Waals surface area contributed by atoms with E-state index < -0.39 is 20.7 Å². The van der Waals surface area contributed by atoms with Gasteiger partial charge in [-0.15, -0.1) is 0 Å². The highest BCUT2D eigenvalue weighted by atomic mass is 79.9. The number of sulfone groups is 1. The van der Waals surface area contributed by atoms with E-state index in [-0.39, 0.29) is 10.5 Å². The average molecular weight is 631 g/mol. The molecule has 0 atom stereocenters. The molecule has 1 N–H and O–H groups in total. The summed E-state index contributed by atoms with van der Waals surface area (Å²) in [7, 11) is -2.70. The molecule has 31 heavy (non-hydrogen) atoms. The molecule has 0 unspecified atom stereocenters. The van der Waals surface area contributed by atoms with Gasteiger partial charge in [0.25, 0.3) is 0 Å². The summed E-state index contributed by atoms with van der Waals surface area (Å²) in [5.74, 6) is -0.204. The molecule has 3 rings (SSSR count). The molecule has 3 aromatic carbocycles. The summed E-state index contributed by atoms with van der Waals surface area (Å²) in [6.07, 6.45) is 0. The number of carbonyl (C=O) groups is 1. The normalized spacial score (nSPS) is 11.8. The number of Topliss-reactive ketones (excluding diaryl/α,β-unsaturated/α-hetero) is 1. The van der Waals surface area contributed by atoms with E-state index in [1.807, 2.05) is 0 Å². The highest BCUT2D eigenvalue weighted by Gasteiger charge is 2.30. The standard InChI is InChI=1S/C21H15Br3N2O4S/c1-30-15-9-7-13(8-10-15)20(27)21(31(28,29)16-5-3-2-4-6-16)26-25-19-17(23)11-14(22)12-18(19)24/h2-12,25H,1H3. The first-order valence-corrected chi connectivity index (χ1v) is 12.6. The van der Waals surface area contributed by atoms with Crippen LogP contribution in [-0.2, 0) is 9.84 Å². The Bertz CT molecular complexity index is 1220. The van der Waals surface area contributed by atoms with E-state index in [9.17, 15) is 13.2 Å². The summed E-state index contributed by atoms with van der Waals surface area (Å²) in [5, 5.41) is 3.40. The van der Waals surface area contributed by atoms with Gasteiger partial charge in [0.05, 0.1) is 17.7 Å². The van der Waals surface area contributed by atoms with Gasteiger partial charge in [0, 0.05) is 19.0 Å². The number of nitrogens with one attached hydrogen (secondary N) is 1. The summed E-state index contributed by atoms with van der Waals surface area (Å²) < 4.78 is 33.7. The molecule has 0 fully saturated rings. The Kier molecular flexibility index (Phi) is 7.68. The van der Waals surface area contributed by atoms with Crippen molar-refractivity contribution in [3.8, 4) is 5.75 Å². The molecule has 0 spiro atoms. The lowest BCUT2D eigenvalue weighted by Gasteiger charge is -2.11. The molecule has 3 aromatic rings. The number of halogens is 3. The summed E-state index contributed by atoms with van der Waals surface area (Å²) in [6.45, 7) is 0. The number of hydrazone groups is 1. The molecule has 6 nitrogen and oxygen atoms in total. The summed E-state index contributed by atoms with van der Waals surface area (Å²) >= 11 is 10.2. The number of ether oxygens (including phenoxy) is 1. The van der Waals surface area contributed by atoms with Crippen molar-refractivity contribution in [2.24, 2.45) is 5.10 Å². The first kappa shape index (κ1) is 23.6. The Hall–Kier alpha value is -2.01. The van der Waals surface area contributed by atoms with Crippen LogP contribution in [0.1, 0.15) is 10.4 Å². The predicted octanol–water partition coefficient (Wildman–Crippen LogP) is 6.06. The second-order valence-electron chi connectivity index (χ2n) is 6.15. The third-order valence-corrected chi connectivity index (χ3v) is 7.52. The third kappa shape index (κ3) is 5.43. The Balaban J connectivity index is 2.10. The fourth-order valence-electron chi connectivity index (χ4n) is 2.57. The summed E-state index contributed by atoms with van der Waals surface area (Å²) in [5.41, 5.74) is 3.33. The fraction of sp³-hybridized carbons (Fsp3) is 0.0476. The number of ketones is 1. The zero-order chi connectivity index (χ0) is 22.6. The molecule has 0 bridgehead atoms. The number of anilines is 1. The van der Waals surface area contributed by atoms with Crippen LogP contribution in [0.15, 0.2) is 90.1 Å². The topological polar surface area (TPSA) is 84.8 Å². The first-order valence-electron chi connectivity index (χ1n) is 8.71. The maximum absolute atomic E-state index is 13.3. The lowest BCUT2D eigenvalue weighted by atomic mass is 10.1. The second-order valence-corrected chi connectivity index (χ2v) is 10.6. The van der Waals surface area contributed by atoms with Gasteiger partial charge in [-0.25, -0.2) is 8.42 Å². The van der Waals surface area contributed by atoms with Crippen LogP contribution in [0.4, 0.5) is 5.69 Å². The van der Waals surface area contributed by atoms with E-state index in [0.29, 0.717) is 20.4 Å². The van der Waals surface area contributed by atoms with Crippen molar-refractivity contribution >= 4 is 74.1 Å². The molecular formula is C21H15Br3N2O4S. The van der Waals surface area contributed by atoms with Crippen LogP contribution in [0, 0.1) is 0 Å². The minimum Gasteiger partial charge on any atom is -0.497 e. The van der Waals surface area contributed by atoms with Crippen LogP contribution in [0.25, 0.3) is 0 Å². The van der Waals surface area contributed by atoms with Gasteiger partial charge in [-0.1, -0.05) is 34.1 Å². The molecule has 0 aliphatic heterocycles. The molecule has 0 saturated heterocycles. The van der Waals surface area contributed by atoms with E-state index in [1.165, 1.54) is 31.4 Å². The minimum absolute atomic E-state index is 0.0358. The van der Waals surface area contributed by atoms with Crippen molar-refractivity contribution in [3.05, 3.63) is 85.7 Å². The zero-order valence-corrected chi connectivity index (χ0v) is 21.5. The number of hydrogen-bond donors (Lipinski definition) is 1. The lowest BCUT2D eigenvalue weighted by molar-refractivity contribution is 0.106. The number of benzene rings is 3. The van der Waals surface area contributed by atoms with Crippen LogP contribution in [0.2, 0.25) is 0 Å². The van der Waals surface area contributed by atoms with Crippen LogP contribution in [-0.4, -0.2) is 26.4 Å². The number of hydrogen-bond acceptors (Lipinski definition) is 6. The Morgan fingerprint density at radius 1 is 0.935 bits per heavy atom. The van der Waals surface area contributed by atoms with Crippen LogP contribution in [0.3, 0.4) is 0 Å². The Morgan fingerprint density at radius 2 is 1.52 bits per heavy atom. The smallest absolute Gasteiger partial charge is 0.229 e. The van der Waals surface area contributed by atoms with E-state index >= 15 is 0 Å². The van der Waals surface area contributed by atoms with Gasteiger partial charge in [-0.2, -0.15) is 5.10 Å². The molecule has 10 heteroatoms. The molecule has 160 valence electrons. The Labute approximate surface area is 205 Å². The van der Waals surface area contributed by atoms with Gasteiger partial charge in [0.1, 0.15) is 5.75 Å². The van der Waals surface area contributed by atoms with E-state index in [2.05, 4.69) is 58.3 Å². The van der Waals surface area contributed by atoms with Crippen LogP contribution in [0.5, 0.6) is 5.75 Å². The molecule has 0 radical (unpaired) electrons. The van der Waals surface area contributed by atoms with Crippen molar-refractivity contribution < 1.29 is 17.9 Å². The van der Waals surface area contributed by atoms with Gasteiger partial charge in [-0.05, 0) is 80.4 Å². The minimum atomic E-state index is -4.20. The SMILES string of the molecule is COc1ccc(C(=O)C(=NNc2c(Br)cc(Br)cc2Br)S(=O)(=O)c2ccccc2)cc1. The largest absolute Gasteiger partial charge is 0.497 e. The quantitative estimate of drug-likeness (QED) is 0.155. The first-order chi connectivity index (χ1) is 14.7. The predicted molar refractivity (Wildman–Crippen MR) is 132 cm³/mol. The summed E-state index contributed by atoms with van der Waals surface area (Å²) in [4.78, 5) is 13.2. The number of nitrogens with zero attached hydrogens (tertiary/aromatic N) is 1. The Morgan fingerprint density at radius 3 is 2.06 bits per heavy atom. The molecule has 0 amide bonds. The van der Waals surface area contributed by atoms with E-state index in [1.54, 1.807) is 42.5 Å². The molecule has 0 aromatic heterocycles. The van der Waals surface area contributed by atoms with Gasteiger partial charge < -0.3 is 4.74 Å². The van der Waals surface area contributed by atoms with Gasteiger partial charge in [0.15, 0.2) is 0 Å². The van der Waals surface area contributed by atoms with Gasteiger partial charge in [0.2, 0.25) is 20.7 Å². The van der Waals surface area contributed by atoms with Crippen molar-refractivity contribution in [2.75, 3.05) is 12.5 Å². The monoisotopic (exact) mass is 628 g/mol. The molecule has 0 heterocycles. The lowest BCUT2D eigenvalue weighted by Crippen LogP contribution is -2.26. The maximum Gasteiger partial charge on any atom is 0.229 e. The molecule has 0 saturated carbocycles. The van der Waals surface area contributed by atoms with Crippen molar-refractivity contribution in [3.63, 3.8) is 0 Å². The highest BCUT2D eigenvalue weighted by molar-refractivity contribution is 9.11. The number of carbonyl (C=O) groups excluding carboxylic acids is 1. The average Bonchev–Trinajstić information content (AvgIpc) is 2.75. The van der Waals surface area contributed by atoms with Gasteiger partial charge in [-0.3, -0.25) is 10.2 Å². The van der Waals surface area contributed by atoms with Crippen LogP contribution >= 0.6 is 47.8 Å².